The first-order chi connectivity index (χ1) is 34.0. The second-order valence-corrected chi connectivity index (χ2v) is 19.6. The Morgan fingerprint density at radius 3 is 1.33 bits per heavy atom. The molecule has 0 saturated heterocycles. The van der Waals surface area contributed by atoms with Crippen molar-refractivity contribution in [3.63, 3.8) is 0 Å². The molecule has 0 fully saturated rings. The summed E-state index contributed by atoms with van der Waals surface area (Å²) in [5.41, 5.74) is 26.1. The maximum Gasteiger partial charge on any atom is 0.0725 e. The minimum atomic E-state index is -0.474. The molecule has 1 nitrogen and oxygen atoms in total. The first kappa shape index (κ1) is 39.6. The molecule has 0 radical (unpaired) electrons. The largest absolute Gasteiger partial charge is 0.310 e. The van der Waals surface area contributed by atoms with Crippen molar-refractivity contribution in [3.05, 3.63) is 282 Å². The molecule has 0 unspecified atom stereocenters. The van der Waals surface area contributed by atoms with Crippen molar-refractivity contribution in [1.29, 1.82) is 0 Å². The van der Waals surface area contributed by atoms with Gasteiger partial charge in [0.2, 0.25) is 0 Å². The topological polar surface area (TPSA) is 3.24 Å². The summed E-state index contributed by atoms with van der Waals surface area (Å²) in [5, 5.41) is 2.42. The van der Waals surface area contributed by atoms with Crippen LogP contribution in [0.15, 0.2) is 249 Å². The highest BCUT2D eigenvalue weighted by molar-refractivity contribution is 6.07. The van der Waals surface area contributed by atoms with E-state index in [0.29, 0.717) is 0 Å². The highest BCUT2D eigenvalue weighted by Gasteiger charge is 2.52. The van der Waals surface area contributed by atoms with Crippen LogP contribution in [-0.2, 0) is 10.8 Å². The van der Waals surface area contributed by atoms with Gasteiger partial charge in [0.15, 0.2) is 0 Å². The minimum absolute atomic E-state index is 0.134. The van der Waals surface area contributed by atoms with Crippen LogP contribution in [0.3, 0.4) is 0 Å². The summed E-state index contributed by atoms with van der Waals surface area (Å²) in [4.78, 5) is 2.48. The number of anilines is 3. The van der Waals surface area contributed by atoms with E-state index in [0.717, 1.165) is 17.1 Å². The van der Waals surface area contributed by atoms with Crippen LogP contribution in [0.2, 0.25) is 0 Å². The van der Waals surface area contributed by atoms with E-state index in [4.69, 9.17) is 0 Å². The van der Waals surface area contributed by atoms with Crippen LogP contribution >= 0.6 is 0 Å². The molecule has 324 valence electrons. The maximum absolute atomic E-state index is 2.53. The van der Waals surface area contributed by atoms with E-state index in [1.165, 1.54) is 111 Å². The highest BCUT2D eigenvalue weighted by atomic mass is 15.1. The zero-order chi connectivity index (χ0) is 45.8. The van der Waals surface area contributed by atoms with E-state index in [1.807, 2.05) is 0 Å². The normalized spacial score (nSPS) is 13.9. The van der Waals surface area contributed by atoms with Crippen LogP contribution in [0.4, 0.5) is 17.1 Å². The van der Waals surface area contributed by atoms with E-state index < -0.39 is 5.41 Å². The molecule has 3 aliphatic carbocycles. The molecule has 0 saturated carbocycles. The number of hydrogen-bond acceptors (Lipinski definition) is 1. The van der Waals surface area contributed by atoms with E-state index in [-0.39, 0.29) is 5.41 Å². The highest BCUT2D eigenvalue weighted by Crippen LogP contribution is 2.64. The van der Waals surface area contributed by atoms with E-state index in [1.54, 1.807) is 0 Å². The van der Waals surface area contributed by atoms with Gasteiger partial charge in [0, 0.05) is 22.2 Å². The van der Waals surface area contributed by atoms with Crippen LogP contribution in [0.1, 0.15) is 47.2 Å². The SMILES string of the molecule is CC1(C)c2ccccc2-c2ccc(N(c3ccc(-c4ccccc4)cc3)c3ccc(-c4ccc5c(c4)C4(c6ccccc6-c6ccccc64)c4cc(-c6ccccc6)ccc4-5)c4ccccc34)cc21. The molecule has 0 aromatic heterocycles. The lowest BCUT2D eigenvalue weighted by Gasteiger charge is -2.31. The van der Waals surface area contributed by atoms with Crippen molar-refractivity contribution in [2.75, 3.05) is 4.90 Å². The molecule has 0 atom stereocenters. The average Bonchev–Trinajstić information content (AvgIpc) is 3.97. The number of benzene rings is 11. The Labute approximate surface area is 404 Å². The predicted octanol–water partition coefficient (Wildman–Crippen LogP) is 18.0. The molecule has 0 amide bonds. The van der Waals surface area contributed by atoms with Gasteiger partial charge < -0.3 is 4.90 Å². The molecule has 1 heteroatoms. The summed E-state index contributed by atoms with van der Waals surface area (Å²) in [7, 11) is 0. The van der Waals surface area contributed by atoms with Gasteiger partial charge in [-0.3, -0.25) is 0 Å². The summed E-state index contributed by atoms with van der Waals surface area (Å²) < 4.78 is 0. The van der Waals surface area contributed by atoms with Crippen LogP contribution in [0, 0.1) is 0 Å². The van der Waals surface area contributed by atoms with Crippen molar-refractivity contribution in [2.45, 2.75) is 24.7 Å². The smallest absolute Gasteiger partial charge is 0.0725 e. The Morgan fingerprint density at radius 2 is 0.681 bits per heavy atom. The lowest BCUT2D eigenvalue weighted by molar-refractivity contribution is 0.660. The fraction of sp³-hybridized carbons (Fsp3) is 0.0588. The van der Waals surface area contributed by atoms with Gasteiger partial charge in [-0.1, -0.05) is 220 Å². The van der Waals surface area contributed by atoms with E-state index in [2.05, 4.69) is 267 Å². The molecular weight excluding hydrogens is 831 g/mol. The molecule has 69 heavy (non-hydrogen) atoms. The lowest BCUT2D eigenvalue weighted by atomic mass is 9.70. The molecule has 11 aromatic carbocycles. The molecule has 11 aromatic rings. The van der Waals surface area contributed by atoms with Crippen LogP contribution in [0.5, 0.6) is 0 Å². The Hall–Kier alpha value is -8.52. The van der Waals surface area contributed by atoms with Crippen molar-refractivity contribution in [3.8, 4) is 66.8 Å². The van der Waals surface area contributed by atoms with Gasteiger partial charge in [0.1, 0.15) is 0 Å². The number of fused-ring (bicyclic) bond motifs is 14. The number of rotatable bonds is 6. The molecule has 0 N–H and O–H groups in total. The molecule has 0 bridgehead atoms. The first-order valence-corrected chi connectivity index (χ1v) is 24.2. The van der Waals surface area contributed by atoms with E-state index >= 15 is 0 Å². The minimum Gasteiger partial charge on any atom is -0.310 e. The van der Waals surface area contributed by atoms with Gasteiger partial charge in [-0.25, -0.2) is 0 Å². The molecule has 3 aliphatic rings. The van der Waals surface area contributed by atoms with Crippen LogP contribution in [0.25, 0.3) is 77.5 Å². The Morgan fingerprint density at radius 1 is 0.261 bits per heavy atom. The number of nitrogens with zero attached hydrogens (tertiary/aromatic N) is 1. The van der Waals surface area contributed by atoms with Gasteiger partial charge >= 0.3 is 0 Å². The third-order valence-corrected chi connectivity index (χ3v) is 15.7. The zero-order valence-electron chi connectivity index (χ0n) is 38.6. The fourth-order valence-electron chi connectivity index (χ4n) is 12.5. The molecule has 0 heterocycles. The van der Waals surface area contributed by atoms with Crippen LogP contribution in [-0.4, -0.2) is 0 Å². The maximum atomic E-state index is 2.53. The second-order valence-electron chi connectivity index (χ2n) is 19.6. The third kappa shape index (κ3) is 5.71. The van der Waals surface area contributed by atoms with Crippen molar-refractivity contribution < 1.29 is 0 Å². The zero-order valence-corrected chi connectivity index (χ0v) is 38.6. The van der Waals surface area contributed by atoms with Crippen molar-refractivity contribution >= 4 is 27.8 Å². The summed E-state index contributed by atoms with van der Waals surface area (Å²) >= 11 is 0. The van der Waals surface area contributed by atoms with Crippen LogP contribution < -0.4 is 4.90 Å². The Balaban J connectivity index is 0.962. The van der Waals surface area contributed by atoms with Gasteiger partial charge in [-0.2, -0.15) is 0 Å². The monoisotopic (exact) mass is 877 g/mol. The summed E-state index contributed by atoms with van der Waals surface area (Å²) in [6.45, 7) is 4.74. The molecule has 14 rings (SSSR count). The second kappa shape index (κ2) is 15.0. The molecule has 1 spiro atoms. The first-order valence-electron chi connectivity index (χ1n) is 24.2. The fourth-order valence-corrected chi connectivity index (χ4v) is 12.5. The summed E-state index contributed by atoms with van der Waals surface area (Å²) in [5.74, 6) is 0. The van der Waals surface area contributed by atoms with Gasteiger partial charge in [-0.15, -0.1) is 0 Å². The van der Waals surface area contributed by atoms with Gasteiger partial charge in [0.05, 0.1) is 11.1 Å². The van der Waals surface area contributed by atoms with Gasteiger partial charge in [0.25, 0.3) is 0 Å². The Bertz CT molecular complexity index is 3810. The molecular formula is C68H47N. The molecule has 0 aliphatic heterocycles. The lowest BCUT2D eigenvalue weighted by Crippen LogP contribution is -2.26. The van der Waals surface area contributed by atoms with Crippen molar-refractivity contribution in [2.24, 2.45) is 0 Å². The van der Waals surface area contributed by atoms with Gasteiger partial charge in [-0.05, 0) is 148 Å². The summed E-state index contributed by atoms with van der Waals surface area (Å²) in [6.07, 6.45) is 0. The number of hydrogen-bond donors (Lipinski definition) is 0. The standard InChI is InChI=1S/C68H47N/c1-67(2)60-26-14-11-22-53(60)56-38-35-50(43-63(56)67)69(49-33-29-46(30-34-49)44-17-5-3-6-18-44)66-40-39-51(52-21-9-10-25-59(52)66)48-32-37-58-57-36-31-47(45-19-7-4-8-20-45)41-64(57)68(65(58)42-48)61-27-15-12-23-54(61)55-24-13-16-28-62(55)68/h3-43H,1-2H3. The van der Waals surface area contributed by atoms with Crippen molar-refractivity contribution in [1.82, 2.24) is 0 Å². The summed E-state index contributed by atoms with van der Waals surface area (Å²) in [6, 6.07) is 93.1. The average molecular weight is 878 g/mol. The van der Waals surface area contributed by atoms with E-state index in [9.17, 15) is 0 Å². The Kier molecular flexibility index (Phi) is 8.61. The quantitative estimate of drug-likeness (QED) is 0.161. The third-order valence-electron chi connectivity index (χ3n) is 15.7. The predicted molar refractivity (Wildman–Crippen MR) is 289 cm³/mol.